The highest BCUT2D eigenvalue weighted by atomic mass is 35.5. The molecule has 0 radical (unpaired) electrons. The molecular formula is C11H6Cl2N2O3. The highest BCUT2D eigenvalue weighted by Gasteiger charge is 2.16. The van der Waals surface area contributed by atoms with Gasteiger partial charge in [-0.1, -0.05) is 29.3 Å². The molecule has 0 saturated heterocycles. The first-order valence-corrected chi connectivity index (χ1v) is 5.58. The van der Waals surface area contributed by atoms with Gasteiger partial charge >= 0.3 is 0 Å². The Morgan fingerprint density at radius 2 is 1.78 bits per heavy atom. The fourth-order valence-corrected chi connectivity index (χ4v) is 2.16. The standard InChI is InChI=1S/C11H6Cl2N2O3/c12-8-5-7(15(17)18)6-9(13)11(8)14-4-2-1-3-10(14)16/h1-6H. The van der Waals surface area contributed by atoms with E-state index in [1.165, 1.54) is 16.8 Å². The Morgan fingerprint density at radius 1 is 1.17 bits per heavy atom. The summed E-state index contributed by atoms with van der Waals surface area (Å²) in [6.45, 7) is 0. The molecule has 1 aromatic heterocycles. The molecule has 0 aliphatic heterocycles. The van der Waals surface area contributed by atoms with Crippen LogP contribution >= 0.6 is 23.2 Å². The number of nitrogens with zero attached hydrogens (tertiary/aromatic N) is 2. The van der Waals surface area contributed by atoms with Gasteiger partial charge in [0.05, 0.1) is 20.7 Å². The molecule has 0 saturated carbocycles. The predicted octanol–water partition coefficient (Wildman–Crippen LogP) is 3.05. The van der Waals surface area contributed by atoms with Gasteiger partial charge in [0, 0.05) is 24.4 Å². The topological polar surface area (TPSA) is 65.1 Å². The summed E-state index contributed by atoms with van der Waals surface area (Å²) in [5.74, 6) is 0. The van der Waals surface area contributed by atoms with E-state index in [1.54, 1.807) is 12.1 Å². The van der Waals surface area contributed by atoms with Crippen LogP contribution in [0.5, 0.6) is 0 Å². The van der Waals surface area contributed by atoms with Crippen LogP contribution in [0.4, 0.5) is 5.69 Å². The summed E-state index contributed by atoms with van der Waals surface area (Å²) in [5, 5.41) is 10.7. The van der Waals surface area contributed by atoms with Crippen molar-refractivity contribution in [3.8, 4) is 5.69 Å². The number of halogens is 2. The molecule has 1 heterocycles. The monoisotopic (exact) mass is 284 g/mol. The summed E-state index contributed by atoms with van der Waals surface area (Å²) in [4.78, 5) is 21.7. The number of non-ortho nitro benzene ring substituents is 1. The van der Waals surface area contributed by atoms with Gasteiger partial charge in [-0.2, -0.15) is 0 Å². The molecule has 7 heteroatoms. The van der Waals surface area contributed by atoms with Crippen molar-refractivity contribution in [2.24, 2.45) is 0 Å². The summed E-state index contributed by atoms with van der Waals surface area (Å²) in [5.41, 5.74) is -0.317. The van der Waals surface area contributed by atoms with Crippen LogP contribution in [0.25, 0.3) is 5.69 Å². The Kier molecular flexibility index (Phi) is 3.36. The van der Waals surface area contributed by atoms with E-state index in [1.807, 2.05) is 0 Å². The smallest absolute Gasteiger partial charge is 0.272 e. The fourth-order valence-electron chi connectivity index (χ4n) is 1.50. The molecule has 0 unspecified atom stereocenters. The molecular weight excluding hydrogens is 279 g/mol. The maximum Gasteiger partial charge on any atom is 0.272 e. The van der Waals surface area contributed by atoms with Gasteiger partial charge in [-0.25, -0.2) is 0 Å². The minimum absolute atomic E-state index is 0.0440. The molecule has 0 spiro atoms. The quantitative estimate of drug-likeness (QED) is 0.629. The van der Waals surface area contributed by atoms with E-state index >= 15 is 0 Å². The first kappa shape index (κ1) is 12.6. The first-order chi connectivity index (χ1) is 8.50. The number of hydrogen-bond donors (Lipinski definition) is 0. The normalized spacial score (nSPS) is 10.3. The first-order valence-electron chi connectivity index (χ1n) is 4.82. The van der Waals surface area contributed by atoms with E-state index in [9.17, 15) is 14.9 Å². The lowest BCUT2D eigenvalue weighted by atomic mass is 10.2. The van der Waals surface area contributed by atoms with Gasteiger partial charge in [-0.3, -0.25) is 19.5 Å². The minimum atomic E-state index is -0.602. The maximum absolute atomic E-state index is 11.7. The molecule has 0 aliphatic carbocycles. The summed E-state index contributed by atoms with van der Waals surface area (Å²) in [7, 11) is 0. The molecule has 0 atom stereocenters. The van der Waals surface area contributed by atoms with Crippen molar-refractivity contribution >= 4 is 28.9 Å². The molecule has 0 fully saturated rings. The third-order valence-electron chi connectivity index (χ3n) is 2.28. The van der Waals surface area contributed by atoms with Crippen molar-refractivity contribution < 1.29 is 4.92 Å². The van der Waals surface area contributed by atoms with Crippen molar-refractivity contribution in [3.05, 3.63) is 67.0 Å². The number of nitro groups is 1. The number of pyridine rings is 1. The number of benzene rings is 1. The van der Waals surface area contributed by atoms with Crippen LogP contribution in [-0.2, 0) is 0 Å². The zero-order chi connectivity index (χ0) is 13.3. The molecule has 0 N–H and O–H groups in total. The van der Waals surface area contributed by atoms with Crippen LogP contribution in [0, 0.1) is 10.1 Å². The van der Waals surface area contributed by atoms with E-state index in [0.29, 0.717) is 0 Å². The largest absolute Gasteiger partial charge is 0.281 e. The van der Waals surface area contributed by atoms with Crippen LogP contribution in [-0.4, -0.2) is 9.49 Å². The highest BCUT2D eigenvalue weighted by Crippen LogP contribution is 2.32. The third-order valence-corrected chi connectivity index (χ3v) is 2.85. The maximum atomic E-state index is 11.7. The molecule has 18 heavy (non-hydrogen) atoms. The van der Waals surface area contributed by atoms with Gasteiger partial charge in [0.2, 0.25) is 0 Å². The minimum Gasteiger partial charge on any atom is -0.281 e. The zero-order valence-corrected chi connectivity index (χ0v) is 10.4. The van der Waals surface area contributed by atoms with Gasteiger partial charge in [0.15, 0.2) is 0 Å². The van der Waals surface area contributed by atoms with Crippen molar-refractivity contribution in [2.45, 2.75) is 0 Å². The Hall–Kier alpha value is -1.85. The molecule has 1 aromatic carbocycles. The second-order valence-corrected chi connectivity index (χ2v) is 4.24. The van der Waals surface area contributed by atoms with Gasteiger partial charge in [0.25, 0.3) is 11.2 Å². The summed E-state index contributed by atoms with van der Waals surface area (Å²) >= 11 is 11.9. The van der Waals surface area contributed by atoms with Crippen LogP contribution in [0.1, 0.15) is 0 Å². The van der Waals surface area contributed by atoms with Gasteiger partial charge in [-0.05, 0) is 6.07 Å². The number of aromatic nitrogens is 1. The zero-order valence-electron chi connectivity index (χ0n) is 8.84. The summed E-state index contributed by atoms with van der Waals surface area (Å²) in [6, 6.07) is 6.86. The molecule has 92 valence electrons. The molecule has 0 bridgehead atoms. The van der Waals surface area contributed by atoms with Crippen molar-refractivity contribution in [1.82, 2.24) is 4.57 Å². The fraction of sp³-hybridized carbons (Fsp3) is 0. The van der Waals surface area contributed by atoms with Crippen molar-refractivity contribution in [1.29, 1.82) is 0 Å². The summed E-state index contributed by atoms with van der Waals surface area (Å²) < 4.78 is 1.23. The SMILES string of the molecule is O=c1ccccn1-c1c(Cl)cc([N+](=O)[O-])cc1Cl. The van der Waals surface area contributed by atoms with Crippen molar-refractivity contribution in [3.63, 3.8) is 0 Å². The second kappa shape index (κ2) is 4.80. The second-order valence-electron chi connectivity index (χ2n) is 3.42. The number of rotatable bonds is 2. The lowest BCUT2D eigenvalue weighted by molar-refractivity contribution is -0.384. The van der Waals surface area contributed by atoms with E-state index in [2.05, 4.69) is 0 Å². The molecule has 2 rings (SSSR count). The Labute approximate surface area is 111 Å². The van der Waals surface area contributed by atoms with Crippen LogP contribution in [0.2, 0.25) is 10.0 Å². The average molecular weight is 285 g/mol. The van der Waals surface area contributed by atoms with Crippen LogP contribution < -0.4 is 5.56 Å². The van der Waals surface area contributed by atoms with E-state index in [0.717, 1.165) is 12.1 Å². The predicted molar refractivity (Wildman–Crippen MR) is 68.7 cm³/mol. The molecule has 0 aliphatic rings. The average Bonchev–Trinajstić information content (AvgIpc) is 2.30. The number of hydrogen-bond acceptors (Lipinski definition) is 3. The van der Waals surface area contributed by atoms with Crippen LogP contribution in [0.15, 0.2) is 41.3 Å². The Morgan fingerprint density at radius 3 is 2.28 bits per heavy atom. The van der Waals surface area contributed by atoms with Gasteiger partial charge in [0.1, 0.15) is 0 Å². The number of nitro benzene ring substituents is 1. The van der Waals surface area contributed by atoms with Gasteiger partial charge < -0.3 is 0 Å². The molecule has 0 amide bonds. The lowest BCUT2D eigenvalue weighted by Gasteiger charge is -2.09. The van der Waals surface area contributed by atoms with E-state index in [4.69, 9.17) is 23.2 Å². The lowest BCUT2D eigenvalue weighted by Crippen LogP contribution is -2.16. The Bertz CT molecular complexity index is 659. The van der Waals surface area contributed by atoms with E-state index < -0.39 is 4.92 Å². The van der Waals surface area contributed by atoms with Crippen molar-refractivity contribution in [2.75, 3.05) is 0 Å². The van der Waals surface area contributed by atoms with Gasteiger partial charge in [-0.15, -0.1) is 0 Å². The van der Waals surface area contributed by atoms with Crippen LogP contribution in [0.3, 0.4) is 0 Å². The third kappa shape index (κ3) is 2.23. The Balaban J connectivity index is 2.71. The molecule has 2 aromatic rings. The summed E-state index contributed by atoms with van der Waals surface area (Å²) in [6.07, 6.45) is 1.49. The van der Waals surface area contributed by atoms with E-state index in [-0.39, 0.29) is 27.0 Å². The molecule has 5 nitrogen and oxygen atoms in total. The highest BCUT2D eigenvalue weighted by molar-refractivity contribution is 6.38.